The summed E-state index contributed by atoms with van der Waals surface area (Å²) in [7, 11) is 2.14. The second kappa shape index (κ2) is 5.40. The first kappa shape index (κ1) is 13.9. The molecule has 2 aromatic rings. The van der Waals surface area contributed by atoms with Gasteiger partial charge in [0, 0.05) is 24.8 Å². The maximum Gasteiger partial charge on any atom is 0.251 e. The molecular formula is C18H22N2O. The number of H-pyrrole nitrogens is 1. The fourth-order valence-corrected chi connectivity index (χ4v) is 3.17. The van der Waals surface area contributed by atoms with Gasteiger partial charge in [-0.3, -0.25) is 4.79 Å². The van der Waals surface area contributed by atoms with E-state index in [0.29, 0.717) is 0 Å². The van der Waals surface area contributed by atoms with Crippen molar-refractivity contribution in [3.63, 3.8) is 0 Å². The standard InChI is InChI=1S/C18H22N2O/c1-4-13-10-12(2)18(21)19-17(13)15-7-8-16-14(11-15)6-5-9-20(16)3/h7-8,10-11H,4-6,9H2,1-3H3,(H,19,21). The van der Waals surface area contributed by atoms with Crippen LogP contribution in [0.2, 0.25) is 0 Å². The summed E-state index contributed by atoms with van der Waals surface area (Å²) in [5, 5.41) is 0. The fourth-order valence-electron chi connectivity index (χ4n) is 3.17. The first-order valence-electron chi connectivity index (χ1n) is 7.67. The minimum absolute atomic E-state index is 0.0111. The van der Waals surface area contributed by atoms with E-state index in [-0.39, 0.29) is 5.56 Å². The molecule has 0 bridgehead atoms. The topological polar surface area (TPSA) is 36.1 Å². The average Bonchev–Trinajstić information content (AvgIpc) is 2.49. The molecule has 110 valence electrons. The molecule has 3 nitrogen and oxygen atoms in total. The zero-order valence-electron chi connectivity index (χ0n) is 13.0. The van der Waals surface area contributed by atoms with Crippen LogP contribution in [-0.4, -0.2) is 18.6 Å². The van der Waals surface area contributed by atoms with Gasteiger partial charge in [0.25, 0.3) is 5.56 Å². The molecule has 1 aliphatic rings. The zero-order valence-corrected chi connectivity index (χ0v) is 13.0. The van der Waals surface area contributed by atoms with Gasteiger partial charge in [-0.2, -0.15) is 0 Å². The maximum absolute atomic E-state index is 12.0. The van der Waals surface area contributed by atoms with Crippen LogP contribution in [0.1, 0.15) is 30.0 Å². The van der Waals surface area contributed by atoms with Crippen LogP contribution in [0.25, 0.3) is 11.3 Å². The number of pyridine rings is 1. The van der Waals surface area contributed by atoms with Crippen molar-refractivity contribution in [1.82, 2.24) is 4.98 Å². The summed E-state index contributed by atoms with van der Waals surface area (Å²) < 4.78 is 0. The first-order valence-corrected chi connectivity index (χ1v) is 7.67. The smallest absolute Gasteiger partial charge is 0.251 e. The van der Waals surface area contributed by atoms with Gasteiger partial charge in [0.1, 0.15) is 0 Å². The zero-order chi connectivity index (χ0) is 15.0. The minimum atomic E-state index is 0.0111. The summed E-state index contributed by atoms with van der Waals surface area (Å²) in [5.74, 6) is 0. The highest BCUT2D eigenvalue weighted by atomic mass is 16.1. The maximum atomic E-state index is 12.0. The molecule has 0 amide bonds. The van der Waals surface area contributed by atoms with Crippen LogP contribution >= 0.6 is 0 Å². The molecule has 0 radical (unpaired) electrons. The molecule has 1 aromatic heterocycles. The summed E-state index contributed by atoms with van der Waals surface area (Å²) in [6, 6.07) is 8.56. The molecule has 3 rings (SSSR count). The van der Waals surface area contributed by atoms with Crippen LogP contribution in [0.5, 0.6) is 0 Å². The number of aryl methyl sites for hydroxylation is 3. The largest absolute Gasteiger partial charge is 0.374 e. The van der Waals surface area contributed by atoms with Crippen molar-refractivity contribution < 1.29 is 0 Å². The van der Waals surface area contributed by atoms with Gasteiger partial charge in [-0.25, -0.2) is 0 Å². The predicted octanol–water partition coefficient (Wildman–Crippen LogP) is 3.30. The number of fused-ring (bicyclic) bond motifs is 1. The molecule has 0 unspecified atom stereocenters. The van der Waals surface area contributed by atoms with Crippen molar-refractivity contribution in [2.24, 2.45) is 0 Å². The Morgan fingerprint density at radius 1 is 1.29 bits per heavy atom. The average molecular weight is 282 g/mol. The molecule has 1 aromatic carbocycles. The van der Waals surface area contributed by atoms with Crippen LogP contribution in [-0.2, 0) is 12.8 Å². The first-order chi connectivity index (χ1) is 10.1. The lowest BCUT2D eigenvalue weighted by molar-refractivity contribution is 0.744. The third-order valence-corrected chi connectivity index (χ3v) is 4.41. The Balaban J connectivity index is 2.13. The third-order valence-electron chi connectivity index (χ3n) is 4.41. The van der Waals surface area contributed by atoms with E-state index in [4.69, 9.17) is 0 Å². The Bertz CT molecular complexity index is 730. The summed E-state index contributed by atoms with van der Waals surface area (Å²) in [6.07, 6.45) is 3.23. The number of anilines is 1. The van der Waals surface area contributed by atoms with Crippen molar-refractivity contribution in [3.8, 4) is 11.3 Å². The molecule has 1 aliphatic heterocycles. The molecule has 0 atom stereocenters. The SMILES string of the molecule is CCc1cc(C)c(=O)[nH]c1-c1ccc2c(c1)CCCN2C. The second-order valence-corrected chi connectivity index (χ2v) is 5.90. The number of rotatable bonds is 2. The van der Waals surface area contributed by atoms with E-state index in [1.807, 2.05) is 13.0 Å². The molecule has 0 saturated heterocycles. The van der Waals surface area contributed by atoms with Gasteiger partial charge in [-0.1, -0.05) is 13.0 Å². The molecule has 2 heterocycles. The Labute approximate surface area is 125 Å². The molecule has 0 aliphatic carbocycles. The lowest BCUT2D eigenvalue weighted by Crippen LogP contribution is -2.24. The van der Waals surface area contributed by atoms with E-state index in [0.717, 1.165) is 36.2 Å². The highest BCUT2D eigenvalue weighted by molar-refractivity contribution is 5.69. The molecule has 0 saturated carbocycles. The van der Waals surface area contributed by atoms with Gasteiger partial charge in [-0.15, -0.1) is 0 Å². The van der Waals surface area contributed by atoms with Gasteiger partial charge >= 0.3 is 0 Å². The second-order valence-electron chi connectivity index (χ2n) is 5.90. The molecule has 1 N–H and O–H groups in total. The van der Waals surface area contributed by atoms with Gasteiger partial charge in [-0.05, 0) is 61.1 Å². The molecular weight excluding hydrogens is 260 g/mol. The number of benzene rings is 1. The lowest BCUT2D eigenvalue weighted by atomic mass is 9.96. The highest BCUT2D eigenvalue weighted by Crippen LogP contribution is 2.31. The molecule has 3 heteroatoms. The highest BCUT2D eigenvalue weighted by Gasteiger charge is 2.15. The lowest BCUT2D eigenvalue weighted by Gasteiger charge is -2.28. The molecule has 0 fully saturated rings. The Kier molecular flexibility index (Phi) is 3.58. The molecule has 0 spiro atoms. The Morgan fingerprint density at radius 3 is 2.86 bits per heavy atom. The number of hydrogen-bond acceptors (Lipinski definition) is 2. The van der Waals surface area contributed by atoms with Crippen molar-refractivity contribution >= 4 is 5.69 Å². The van der Waals surface area contributed by atoms with Crippen LogP contribution in [0.3, 0.4) is 0 Å². The van der Waals surface area contributed by atoms with Crippen molar-refractivity contribution in [2.45, 2.75) is 33.1 Å². The van der Waals surface area contributed by atoms with Crippen molar-refractivity contribution in [3.05, 3.63) is 51.3 Å². The van der Waals surface area contributed by atoms with Gasteiger partial charge in [0.15, 0.2) is 0 Å². The fraction of sp³-hybridized carbons (Fsp3) is 0.389. The van der Waals surface area contributed by atoms with Crippen molar-refractivity contribution in [1.29, 1.82) is 0 Å². The summed E-state index contributed by atoms with van der Waals surface area (Å²) in [5.41, 5.74) is 6.80. The quantitative estimate of drug-likeness (QED) is 0.917. The van der Waals surface area contributed by atoms with E-state index in [1.54, 1.807) is 0 Å². The number of aromatic amines is 1. The normalized spacial score (nSPS) is 14.1. The summed E-state index contributed by atoms with van der Waals surface area (Å²) >= 11 is 0. The van der Waals surface area contributed by atoms with Gasteiger partial charge in [0.2, 0.25) is 0 Å². The summed E-state index contributed by atoms with van der Waals surface area (Å²) in [4.78, 5) is 17.3. The Morgan fingerprint density at radius 2 is 2.10 bits per heavy atom. The van der Waals surface area contributed by atoms with Crippen LogP contribution in [0.15, 0.2) is 29.1 Å². The summed E-state index contributed by atoms with van der Waals surface area (Å²) in [6.45, 7) is 5.11. The van der Waals surface area contributed by atoms with Gasteiger partial charge in [0.05, 0.1) is 5.69 Å². The molecule has 21 heavy (non-hydrogen) atoms. The number of aromatic nitrogens is 1. The van der Waals surface area contributed by atoms with E-state index in [1.165, 1.54) is 23.2 Å². The number of hydrogen-bond donors (Lipinski definition) is 1. The van der Waals surface area contributed by atoms with E-state index >= 15 is 0 Å². The Hall–Kier alpha value is -2.03. The van der Waals surface area contributed by atoms with Crippen LogP contribution in [0, 0.1) is 6.92 Å². The van der Waals surface area contributed by atoms with Gasteiger partial charge < -0.3 is 9.88 Å². The minimum Gasteiger partial charge on any atom is -0.374 e. The predicted molar refractivity (Wildman–Crippen MR) is 88.2 cm³/mol. The van der Waals surface area contributed by atoms with E-state index in [2.05, 4.69) is 42.1 Å². The third kappa shape index (κ3) is 2.48. The van der Waals surface area contributed by atoms with Crippen LogP contribution < -0.4 is 10.5 Å². The number of nitrogens with zero attached hydrogens (tertiary/aromatic N) is 1. The number of nitrogens with one attached hydrogen (secondary N) is 1. The van der Waals surface area contributed by atoms with Crippen molar-refractivity contribution in [2.75, 3.05) is 18.5 Å². The monoisotopic (exact) mass is 282 g/mol. The van der Waals surface area contributed by atoms with E-state index in [9.17, 15) is 4.79 Å². The van der Waals surface area contributed by atoms with E-state index < -0.39 is 0 Å². The van der Waals surface area contributed by atoms with Crippen LogP contribution in [0.4, 0.5) is 5.69 Å².